The summed E-state index contributed by atoms with van der Waals surface area (Å²) in [4.78, 5) is 34.0. The zero-order valence-corrected chi connectivity index (χ0v) is 11.6. The maximum atomic E-state index is 11.0. The van der Waals surface area contributed by atoms with Gasteiger partial charge in [0.1, 0.15) is 13.1 Å². The number of rotatable bonds is 6. The van der Waals surface area contributed by atoms with Crippen LogP contribution in [0.5, 0.6) is 0 Å². The monoisotopic (exact) mass is 307 g/mol. The molecule has 0 fully saturated rings. The zero-order chi connectivity index (χ0) is 16.3. The van der Waals surface area contributed by atoms with Crippen molar-refractivity contribution in [2.45, 2.75) is 6.92 Å². The summed E-state index contributed by atoms with van der Waals surface area (Å²) in [6.45, 7) is 0.777. The van der Waals surface area contributed by atoms with E-state index in [0.29, 0.717) is 16.8 Å². The Kier molecular flexibility index (Phi) is 4.25. The summed E-state index contributed by atoms with van der Waals surface area (Å²) < 4.78 is 4.83. The van der Waals surface area contributed by atoms with Crippen molar-refractivity contribution in [3.05, 3.63) is 34.3 Å². The van der Waals surface area contributed by atoms with Crippen LogP contribution in [0.3, 0.4) is 0 Å². The summed E-state index contributed by atoms with van der Waals surface area (Å²) in [6.07, 6.45) is 0. The number of carbonyl (C=O) groups is 2. The van der Waals surface area contributed by atoms with Crippen molar-refractivity contribution in [1.82, 2.24) is 10.2 Å². The minimum atomic E-state index is -1.16. The van der Waals surface area contributed by atoms with E-state index < -0.39 is 30.8 Å². The molecule has 1 aromatic carbocycles. The number of aromatic amines is 1. The molecule has 0 aliphatic rings. The van der Waals surface area contributed by atoms with Crippen LogP contribution in [0.2, 0.25) is 0 Å². The van der Waals surface area contributed by atoms with E-state index in [9.17, 15) is 14.4 Å². The molecule has 9 heteroatoms. The molecule has 0 aliphatic heterocycles. The van der Waals surface area contributed by atoms with Crippen molar-refractivity contribution >= 4 is 17.6 Å². The van der Waals surface area contributed by atoms with Crippen molar-refractivity contribution in [2.24, 2.45) is 0 Å². The number of anilines is 1. The highest BCUT2D eigenvalue weighted by Crippen LogP contribution is 2.26. The van der Waals surface area contributed by atoms with Crippen LogP contribution in [0.4, 0.5) is 5.69 Å². The summed E-state index contributed by atoms with van der Waals surface area (Å²) in [6, 6.07) is 4.83. The quantitative estimate of drug-likeness (QED) is 0.693. The molecule has 0 unspecified atom stereocenters. The van der Waals surface area contributed by atoms with Gasteiger partial charge in [-0.05, 0) is 24.6 Å². The first-order chi connectivity index (χ1) is 10.4. The van der Waals surface area contributed by atoms with E-state index in [0.717, 1.165) is 0 Å². The second kappa shape index (κ2) is 6.12. The second-order valence-corrected chi connectivity index (χ2v) is 4.56. The number of aliphatic carboxylic acids is 2. The number of carboxylic acid groups (broad SMARTS) is 2. The molecule has 2 rings (SSSR count). The van der Waals surface area contributed by atoms with Gasteiger partial charge in [0.15, 0.2) is 0 Å². The van der Waals surface area contributed by atoms with Crippen molar-refractivity contribution in [3.63, 3.8) is 0 Å². The maximum Gasteiger partial charge on any atom is 0.434 e. The molecule has 0 amide bonds. The molecular weight excluding hydrogens is 294 g/mol. The van der Waals surface area contributed by atoms with Gasteiger partial charge in [-0.25, -0.2) is 9.89 Å². The van der Waals surface area contributed by atoms with Crippen LogP contribution in [0.15, 0.2) is 27.4 Å². The minimum absolute atomic E-state index is 0.0388. The van der Waals surface area contributed by atoms with E-state index in [1.807, 2.05) is 0 Å². The minimum Gasteiger partial charge on any atom is -0.480 e. The molecule has 0 aliphatic carbocycles. The third-order valence-electron chi connectivity index (χ3n) is 2.89. The lowest BCUT2D eigenvalue weighted by Gasteiger charge is -2.23. The number of nitrogens with zero attached hydrogens (tertiary/aromatic N) is 2. The maximum absolute atomic E-state index is 11.0. The predicted molar refractivity (Wildman–Crippen MR) is 74.8 cm³/mol. The van der Waals surface area contributed by atoms with Crippen LogP contribution in [-0.2, 0) is 9.59 Å². The highest BCUT2D eigenvalue weighted by molar-refractivity contribution is 5.81. The first kappa shape index (κ1) is 15.3. The van der Waals surface area contributed by atoms with E-state index in [-0.39, 0.29) is 5.89 Å². The van der Waals surface area contributed by atoms with Crippen LogP contribution in [0, 0.1) is 6.92 Å². The van der Waals surface area contributed by atoms with Crippen molar-refractivity contribution in [2.75, 3.05) is 18.0 Å². The molecule has 116 valence electrons. The lowest BCUT2D eigenvalue weighted by Crippen LogP contribution is -2.34. The summed E-state index contributed by atoms with van der Waals surface area (Å²) >= 11 is 0. The van der Waals surface area contributed by atoms with Gasteiger partial charge in [-0.15, -0.1) is 5.10 Å². The van der Waals surface area contributed by atoms with Crippen molar-refractivity contribution < 1.29 is 24.2 Å². The Labute approximate surface area is 123 Å². The van der Waals surface area contributed by atoms with Crippen molar-refractivity contribution in [3.8, 4) is 11.5 Å². The Morgan fingerprint density at radius 1 is 1.27 bits per heavy atom. The van der Waals surface area contributed by atoms with Gasteiger partial charge in [-0.1, -0.05) is 6.07 Å². The highest BCUT2D eigenvalue weighted by atomic mass is 16.4. The van der Waals surface area contributed by atoms with Crippen LogP contribution in [-0.4, -0.2) is 45.4 Å². The molecular formula is C13H13N3O6. The molecule has 1 heterocycles. The van der Waals surface area contributed by atoms with Crippen LogP contribution in [0.25, 0.3) is 11.5 Å². The van der Waals surface area contributed by atoms with Gasteiger partial charge in [-0.2, -0.15) is 0 Å². The number of aromatic nitrogens is 2. The van der Waals surface area contributed by atoms with Gasteiger partial charge in [0, 0.05) is 11.3 Å². The molecule has 0 spiro atoms. The number of H-pyrrole nitrogens is 1. The molecule has 0 radical (unpaired) electrons. The summed E-state index contributed by atoms with van der Waals surface area (Å²) in [5.41, 5.74) is 1.52. The number of benzene rings is 1. The van der Waals surface area contributed by atoms with Crippen molar-refractivity contribution in [1.29, 1.82) is 0 Å². The lowest BCUT2D eigenvalue weighted by molar-refractivity contribution is -0.136. The first-order valence-electron chi connectivity index (χ1n) is 6.22. The van der Waals surface area contributed by atoms with Gasteiger partial charge in [0.25, 0.3) is 0 Å². The van der Waals surface area contributed by atoms with E-state index in [2.05, 4.69) is 10.2 Å². The van der Waals surface area contributed by atoms with Gasteiger partial charge >= 0.3 is 17.7 Å². The summed E-state index contributed by atoms with van der Waals surface area (Å²) in [5.74, 6) is -2.99. The number of carboxylic acids is 2. The number of aryl methyl sites for hydroxylation is 1. The SMILES string of the molecule is Cc1ccc(-c2n[nH]c(=O)o2)cc1N(CC(=O)O)CC(=O)O. The first-order valence-corrected chi connectivity index (χ1v) is 6.22. The number of hydrogen-bond acceptors (Lipinski definition) is 6. The Bertz CT molecular complexity index is 747. The van der Waals surface area contributed by atoms with Crippen LogP contribution >= 0.6 is 0 Å². The van der Waals surface area contributed by atoms with Crippen LogP contribution < -0.4 is 10.7 Å². The molecule has 0 saturated heterocycles. The molecule has 3 N–H and O–H groups in total. The zero-order valence-electron chi connectivity index (χ0n) is 11.6. The van der Waals surface area contributed by atoms with Gasteiger partial charge in [0.05, 0.1) is 0 Å². The van der Waals surface area contributed by atoms with Gasteiger partial charge in [-0.3, -0.25) is 9.59 Å². The fourth-order valence-corrected chi connectivity index (χ4v) is 1.99. The standard InChI is InChI=1S/C13H13N3O6/c1-7-2-3-8(12-14-15-13(21)22-12)4-9(7)16(5-10(17)18)6-11(19)20/h2-4H,5-6H2,1H3,(H,15,21)(H,17,18)(H,19,20). The number of hydrogen-bond donors (Lipinski definition) is 3. The Morgan fingerprint density at radius 3 is 2.41 bits per heavy atom. The van der Waals surface area contributed by atoms with E-state index in [1.165, 1.54) is 11.0 Å². The third kappa shape index (κ3) is 3.51. The number of nitrogens with one attached hydrogen (secondary N) is 1. The predicted octanol–water partition coefficient (Wildman–Crippen LogP) is 0.314. The molecule has 9 nitrogen and oxygen atoms in total. The normalized spacial score (nSPS) is 10.4. The summed E-state index contributed by atoms with van der Waals surface area (Å²) in [5, 5.41) is 23.7. The Hall–Kier alpha value is -3.10. The molecule has 0 bridgehead atoms. The van der Waals surface area contributed by atoms with Gasteiger partial charge in [0.2, 0.25) is 5.89 Å². The lowest BCUT2D eigenvalue weighted by atomic mass is 10.1. The largest absolute Gasteiger partial charge is 0.480 e. The Balaban J connectivity index is 2.44. The Morgan fingerprint density at radius 2 is 1.91 bits per heavy atom. The molecule has 2 aromatic rings. The topological polar surface area (TPSA) is 137 Å². The summed E-state index contributed by atoms with van der Waals surface area (Å²) in [7, 11) is 0. The molecule has 1 aromatic heterocycles. The third-order valence-corrected chi connectivity index (χ3v) is 2.89. The van der Waals surface area contributed by atoms with E-state index in [1.54, 1.807) is 19.1 Å². The fraction of sp³-hybridized carbons (Fsp3) is 0.231. The molecule has 0 saturated carbocycles. The highest BCUT2D eigenvalue weighted by Gasteiger charge is 2.18. The van der Waals surface area contributed by atoms with E-state index in [4.69, 9.17) is 14.6 Å². The van der Waals surface area contributed by atoms with Gasteiger partial charge < -0.3 is 19.5 Å². The second-order valence-electron chi connectivity index (χ2n) is 4.56. The fourth-order valence-electron chi connectivity index (χ4n) is 1.99. The molecule has 22 heavy (non-hydrogen) atoms. The smallest absolute Gasteiger partial charge is 0.434 e. The average Bonchev–Trinajstić information content (AvgIpc) is 2.84. The average molecular weight is 307 g/mol. The molecule has 0 atom stereocenters. The van der Waals surface area contributed by atoms with Crippen LogP contribution in [0.1, 0.15) is 5.56 Å². The van der Waals surface area contributed by atoms with E-state index >= 15 is 0 Å².